The van der Waals surface area contributed by atoms with Crippen molar-refractivity contribution >= 4 is 6.03 Å². The van der Waals surface area contributed by atoms with Crippen LogP contribution in [0, 0.1) is 0 Å². The molecule has 23 heavy (non-hydrogen) atoms. The number of likely N-dealkylation sites (tertiary alicyclic amines) is 1. The molecule has 2 aromatic rings. The van der Waals surface area contributed by atoms with Gasteiger partial charge in [0.05, 0.1) is 6.33 Å². The highest BCUT2D eigenvalue weighted by Gasteiger charge is 2.26. The van der Waals surface area contributed by atoms with Crippen LogP contribution in [-0.2, 0) is 13.0 Å². The number of carbonyl (C=O) groups excluding carboxylic acids is 1. The van der Waals surface area contributed by atoms with Crippen molar-refractivity contribution in [1.29, 1.82) is 0 Å². The van der Waals surface area contributed by atoms with Gasteiger partial charge in [0.1, 0.15) is 0 Å². The van der Waals surface area contributed by atoms with E-state index in [2.05, 4.69) is 34.6 Å². The lowest BCUT2D eigenvalue weighted by molar-refractivity contribution is 0.150. The number of piperidine rings is 1. The van der Waals surface area contributed by atoms with Gasteiger partial charge in [0.15, 0.2) is 0 Å². The molecule has 1 N–H and O–H groups in total. The third-order valence-electron chi connectivity index (χ3n) is 4.41. The molecule has 2 amide bonds. The van der Waals surface area contributed by atoms with Crippen molar-refractivity contribution in [3.8, 4) is 0 Å². The van der Waals surface area contributed by atoms with E-state index in [1.807, 2.05) is 21.7 Å². The first-order valence-electron chi connectivity index (χ1n) is 8.37. The van der Waals surface area contributed by atoms with Gasteiger partial charge in [-0.15, -0.1) is 0 Å². The Bertz CT molecular complexity index is 597. The number of urea groups is 1. The zero-order chi connectivity index (χ0) is 15.9. The van der Waals surface area contributed by atoms with Gasteiger partial charge < -0.3 is 14.8 Å². The SMILES string of the molecule is O=C(NCCn1ccnc1)N1CCCCC1Cc1ccccc1. The topological polar surface area (TPSA) is 50.2 Å². The predicted octanol–water partition coefficient (Wildman–Crippen LogP) is 2.69. The number of aromatic nitrogens is 2. The highest BCUT2D eigenvalue weighted by atomic mass is 16.2. The fraction of sp³-hybridized carbons (Fsp3) is 0.444. The van der Waals surface area contributed by atoms with E-state index < -0.39 is 0 Å². The van der Waals surface area contributed by atoms with Crippen molar-refractivity contribution in [3.05, 3.63) is 54.6 Å². The van der Waals surface area contributed by atoms with Gasteiger partial charge in [-0.25, -0.2) is 9.78 Å². The van der Waals surface area contributed by atoms with E-state index in [0.717, 1.165) is 32.4 Å². The van der Waals surface area contributed by atoms with Gasteiger partial charge in [0.25, 0.3) is 0 Å². The highest BCUT2D eigenvalue weighted by Crippen LogP contribution is 2.20. The number of imidazole rings is 1. The number of hydrogen-bond donors (Lipinski definition) is 1. The molecule has 1 atom stereocenters. The Morgan fingerprint density at radius 2 is 2.13 bits per heavy atom. The van der Waals surface area contributed by atoms with Crippen LogP contribution in [0.25, 0.3) is 0 Å². The molecular weight excluding hydrogens is 288 g/mol. The summed E-state index contributed by atoms with van der Waals surface area (Å²) in [5.74, 6) is 0. The maximum atomic E-state index is 12.5. The maximum Gasteiger partial charge on any atom is 0.317 e. The summed E-state index contributed by atoms with van der Waals surface area (Å²) in [6, 6.07) is 10.8. The highest BCUT2D eigenvalue weighted by molar-refractivity contribution is 5.74. The van der Waals surface area contributed by atoms with E-state index in [9.17, 15) is 4.79 Å². The molecule has 5 heteroatoms. The third-order valence-corrected chi connectivity index (χ3v) is 4.41. The average molecular weight is 312 g/mol. The van der Waals surface area contributed by atoms with Gasteiger partial charge in [-0.3, -0.25) is 0 Å². The molecule has 1 aliphatic heterocycles. The van der Waals surface area contributed by atoms with Crippen molar-refractivity contribution in [2.24, 2.45) is 0 Å². The number of rotatable bonds is 5. The molecule has 122 valence electrons. The van der Waals surface area contributed by atoms with Gasteiger partial charge in [0.2, 0.25) is 0 Å². The number of amides is 2. The second-order valence-electron chi connectivity index (χ2n) is 6.07. The Morgan fingerprint density at radius 3 is 2.91 bits per heavy atom. The lowest BCUT2D eigenvalue weighted by Gasteiger charge is -2.36. The number of nitrogens with zero attached hydrogens (tertiary/aromatic N) is 3. The summed E-state index contributed by atoms with van der Waals surface area (Å²) in [5.41, 5.74) is 1.30. The summed E-state index contributed by atoms with van der Waals surface area (Å²) in [6.45, 7) is 2.24. The molecular formula is C18H24N4O. The lowest BCUT2D eigenvalue weighted by Crippen LogP contribution is -2.50. The quantitative estimate of drug-likeness (QED) is 0.923. The van der Waals surface area contributed by atoms with Gasteiger partial charge >= 0.3 is 6.03 Å². The van der Waals surface area contributed by atoms with E-state index in [0.29, 0.717) is 12.6 Å². The minimum absolute atomic E-state index is 0.0609. The monoisotopic (exact) mass is 312 g/mol. The average Bonchev–Trinajstić information content (AvgIpc) is 3.09. The van der Waals surface area contributed by atoms with Gasteiger partial charge in [-0.2, -0.15) is 0 Å². The first-order chi connectivity index (χ1) is 11.3. The molecule has 0 saturated carbocycles. The molecule has 2 heterocycles. The maximum absolute atomic E-state index is 12.5. The third kappa shape index (κ3) is 4.34. The van der Waals surface area contributed by atoms with E-state index >= 15 is 0 Å². The minimum Gasteiger partial charge on any atom is -0.336 e. The zero-order valence-electron chi connectivity index (χ0n) is 13.4. The van der Waals surface area contributed by atoms with Crippen LogP contribution in [0.1, 0.15) is 24.8 Å². The predicted molar refractivity (Wildman–Crippen MR) is 90.1 cm³/mol. The molecule has 1 saturated heterocycles. The minimum atomic E-state index is 0.0609. The van der Waals surface area contributed by atoms with Gasteiger partial charge in [-0.05, 0) is 31.2 Å². The van der Waals surface area contributed by atoms with E-state index in [-0.39, 0.29) is 6.03 Å². The van der Waals surface area contributed by atoms with Crippen molar-refractivity contribution in [1.82, 2.24) is 19.8 Å². The van der Waals surface area contributed by atoms with Crippen LogP contribution in [0.4, 0.5) is 4.79 Å². The lowest BCUT2D eigenvalue weighted by atomic mass is 9.96. The van der Waals surface area contributed by atoms with Crippen molar-refractivity contribution in [3.63, 3.8) is 0 Å². The molecule has 0 radical (unpaired) electrons. The van der Waals surface area contributed by atoms with Crippen LogP contribution in [0.3, 0.4) is 0 Å². The van der Waals surface area contributed by atoms with Crippen molar-refractivity contribution in [2.75, 3.05) is 13.1 Å². The molecule has 1 aliphatic rings. The zero-order valence-corrected chi connectivity index (χ0v) is 13.4. The summed E-state index contributed by atoms with van der Waals surface area (Å²) in [4.78, 5) is 18.5. The van der Waals surface area contributed by atoms with Crippen LogP contribution >= 0.6 is 0 Å². The molecule has 1 aromatic carbocycles. The van der Waals surface area contributed by atoms with Gasteiger partial charge in [-0.1, -0.05) is 30.3 Å². The molecule has 1 fully saturated rings. The van der Waals surface area contributed by atoms with Crippen LogP contribution in [-0.4, -0.2) is 39.6 Å². The summed E-state index contributed by atoms with van der Waals surface area (Å²) < 4.78 is 1.97. The van der Waals surface area contributed by atoms with Crippen LogP contribution in [0.5, 0.6) is 0 Å². The second-order valence-corrected chi connectivity index (χ2v) is 6.07. The van der Waals surface area contributed by atoms with E-state index in [1.165, 1.54) is 12.0 Å². The Hall–Kier alpha value is -2.30. The van der Waals surface area contributed by atoms with Crippen molar-refractivity contribution < 1.29 is 4.79 Å². The fourth-order valence-electron chi connectivity index (χ4n) is 3.18. The molecule has 0 bridgehead atoms. The molecule has 5 nitrogen and oxygen atoms in total. The molecule has 0 spiro atoms. The summed E-state index contributed by atoms with van der Waals surface area (Å²) in [7, 11) is 0. The number of carbonyl (C=O) groups is 1. The Balaban J connectivity index is 1.53. The van der Waals surface area contributed by atoms with Crippen LogP contribution in [0.15, 0.2) is 49.1 Å². The van der Waals surface area contributed by atoms with Gasteiger partial charge in [0, 0.05) is 38.1 Å². The largest absolute Gasteiger partial charge is 0.336 e. The van der Waals surface area contributed by atoms with E-state index in [4.69, 9.17) is 0 Å². The molecule has 1 unspecified atom stereocenters. The Morgan fingerprint density at radius 1 is 1.26 bits per heavy atom. The summed E-state index contributed by atoms with van der Waals surface area (Å²) >= 11 is 0. The second kappa shape index (κ2) is 7.81. The molecule has 3 rings (SSSR count). The molecule has 0 aliphatic carbocycles. The summed E-state index contributed by atoms with van der Waals surface area (Å²) in [5, 5.41) is 3.04. The summed E-state index contributed by atoms with van der Waals surface area (Å²) in [6.07, 6.45) is 9.76. The fourth-order valence-corrected chi connectivity index (χ4v) is 3.18. The number of benzene rings is 1. The Kier molecular flexibility index (Phi) is 5.29. The first-order valence-corrected chi connectivity index (χ1v) is 8.37. The van der Waals surface area contributed by atoms with Crippen LogP contribution < -0.4 is 5.32 Å². The standard InChI is InChI=1S/C18H24N4O/c23-18(20-10-13-21-12-9-19-15-21)22-11-5-4-8-17(22)14-16-6-2-1-3-7-16/h1-3,6-7,9,12,15,17H,4-5,8,10-11,13-14H2,(H,20,23). The molecule has 1 aromatic heterocycles. The van der Waals surface area contributed by atoms with Crippen molar-refractivity contribution in [2.45, 2.75) is 38.3 Å². The number of hydrogen-bond acceptors (Lipinski definition) is 2. The number of nitrogens with one attached hydrogen (secondary N) is 1. The van der Waals surface area contributed by atoms with E-state index in [1.54, 1.807) is 12.5 Å². The smallest absolute Gasteiger partial charge is 0.317 e. The first kappa shape index (κ1) is 15.6. The normalized spacial score (nSPS) is 17.9. The van der Waals surface area contributed by atoms with Crippen LogP contribution in [0.2, 0.25) is 0 Å². The Labute approximate surface area is 137 Å².